The zero-order chi connectivity index (χ0) is 12.5. The van der Waals surface area contributed by atoms with Crippen molar-refractivity contribution in [2.24, 2.45) is 0 Å². The summed E-state index contributed by atoms with van der Waals surface area (Å²) in [6.07, 6.45) is 4.51. The Morgan fingerprint density at radius 2 is 2.22 bits per heavy atom. The van der Waals surface area contributed by atoms with Crippen molar-refractivity contribution in [3.05, 3.63) is 23.9 Å². The molecule has 0 spiro atoms. The van der Waals surface area contributed by atoms with Crippen LogP contribution in [0.4, 0.5) is 10.6 Å². The van der Waals surface area contributed by atoms with Gasteiger partial charge in [0.25, 0.3) is 0 Å². The summed E-state index contributed by atoms with van der Waals surface area (Å²) in [5.74, 6) is 1.57. The molecule has 1 saturated carbocycles. The molecule has 1 aliphatic carbocycles. The van der Waals surface area contributed by atoms with E-state index in [9.17, 15) is 4.79 Å². The van der Waals surface area contributed by atoms with Gasteiger partial charge >= 0.3 is 6.09 Å². The smallest absolute Gasteiger partial charge is 0.407 e. The van der Waals surface area contributed by atoms with E-state index in [-0.39, 0.29) is 6.04 Å². The molecule has 1 atom stereocenters. The number of anilines is 1. The van der Waals surface area contributed by atoms with Crippen molar-refractivity contribution in [3.63, 3.8) is 0 Å². The highest BCUT2D eigenvalue weighted by Crippen LogP contribution is 2.39. The van der Waals surface area contributed by atoms with Crippen molar-refractivity contribution in [2.45, 2.75) is 31.2 Å². The van der Waals surface area contributed by atoms with E-state index in [1.807, 2.05) is 12.3 Å². The lowest BCUT2D eigenvalue weighted by molar-refractivity contribution is 0.155. The molecule has 0 bridgehead atoms. The Labute approximate surface area is 106 Å². The lowest BCUT2D eigenvalue weighted by atomic mass is 10.2. The third-order valence-corrected chi connectivity index (χ3v) is 3.65. The highest BCUT2D eigenvalue weighted by atomic mass is 16.4. The van der Waals surface area contributed by atoms with Crippen molar-refractivity contribution in [2.75, 3.05) is 18.4 Å². The fourth-order valence-electron chi connectivity index (χ4n) is 2.41. The predicted molar refractivity (Wildman–Crippen MR) is 67.8 cm³/mol. The molecule has 5 nitrogen and oxygen atoms in total. The van der Waals surface area contributed by atoms with Gasteiger partial charge in [0.1, 0.15) is 5.82 Å². The van der Waals surface area contributed by atoms with Gasteiger partial charge in [0.15, 0.2) is 0 Å². The summed E-state index contributed by atoms with van der Waals surface area (Å²) in [5, 5.41) is 12.2. The average molecular weight is 247 g/mol. The van der Waals surface area contributed by atoms with Crippen LogP contribution in [0.25, 0.3) is 0 Å². The van der Waals surface area contributed by atoms with Gasteiger partial charge in [-0.15, -0.1) is 0 Å². The topological polar surface area (TPSA) is 65.5 Å². The van der Waals surface area contributed by atoms with Gasteiger partial charge in [-0.3, -0.25) is 0 Å². The summed E-state index contributed by atoms with van der Waals surface area (Å²) in [6.45, 7) is 1.15. The minimum absolute atomic E-state index is 0.181. The van der Waals surface area contributed by atoms with Gasteiger partial charge in [0.2, 0.25) is 0 Å². The molecule has 1 aromatic rings. The Morgan fingerprint density at radius 1 is 1.39 bits per heavy atom. The number of nitrogens with zero attached hydrogens (tertiary/aromatic N) is 2. The number of amides is 1. The van der Waals surface area contributed by atoms with Crippen molar-refractivity contribution >= 4 is 11.9 Å². The molecule has 1 aliphatic heterocycles. The molecule has 2 N–H and O–H groups in total. The number of carboxylic acid groups (broad SMARTS) is 1. The van der Waals surface area contributed by atoms with E-state index in [0.29, 0.717) is 13.1 Å². The third-order valence-electron chi connectivity index (χ3n) is 3.65. The van der Waals surface area contributed by atoms with E-state index in [2.05, 4.69) is 16.4 Å². The minimum atomic E-state index is -0.837. The first kappa shape index (κ1) is 11.3. The molecule has 96 valence electrons. The minimum Gasteiger partial charge on any atom is -0.465 e. The first-order valence-electron chi connectivity index (χ1n) is 6.43. The van der Waals surface area contributed by atoms with E-state index < -0.39 is 6.09 Å². The maximum atomic E-state index is 10.8. The maximum Gasteiger partial charge on any atom is 0.407 e. The second kappa shape index (κ2) is 4.48. The predicted octanol–water partition coefficient (Wildman–Crippen LogP) is 2.12. The van der Waals surface area contributed by atoms with Crippen LogP contribution in [0.3, 0.4) is 0 Å². The van der Waals surface area contributed by atoms with E-state index in [4.69, 9.17) is 5.11 Å². The lowest BCUT2D eigenvalue weighted by Gasteiger charge is -2.14. The number of hydrogen-bond donors (Lipinski definition) is 2. The van der Waals surface area contributed by atoms with Crippen molar-refractivity contribution < 1.29 is 9.90 Å². The Bertz CT molecular complexity index is 442. The molecule has 2 heterocycles. The number of likely N-dealkylation sites (tertiary alicyclic amines) is 1. The summed E-state index contributed by atoms with van der Waals surface area (Å²) < 4.78 is 0. The Balaban J connectivity index is 1.57. The van der Waals surface area contributed by atoms with Crippen molar-refractivity contribution in [1.29, 1.82) is 0 Å². The van der Waals surface area contributed by atoms with Crippen molar-refractivity contribution in [1.82, 2.24) is 9.88 Å². The molecule has 18 heavy (non-hydrogen) atoms. The second-order valence-electron chi connectivity index (χ2n) is 5.11. The molecule has 1 saturated heterocycles. The van der Waals surface area contributed by atoms with E-state index in [1.165, 1.54) is 23.3 Å². The molecule has 0 aromatic carbocycles. The normalized spacial score (nSPS) is 23.1. The van der Waals surface area contributed by atoms with Crippen LogP contribution < -0.4 is 5.32 Å². The first-order valence-corrected chi connectivity index (χ1v) is 6.43. The van der Waals surface area contributed by atoms with Crippen LogP contribution >= 0.6 is 0 Å². The van der Waals surface area contributed by atoms with Crippen molar-refractivity contribution in [3.8, 4) is 0 Å². The Kier molecular flexibility index (Phi) is 2.81. The largest absolute Gasteiger partial charge is 0.465 e. The Hall–Kier alpha value is -1.78. The molecule has 1 amide bonds. The van der Waals surface area contributed by atoms with Gasteiger partial charge in [-0.05, 0) is 36.8 Å². The average Bonchev–Trinajstić information content (AvgIpc) is 3.10. The maximum absolute atomic E-state index is 10.8. The summed E-state index contributed by atoms with van der Waals surface area (Å²) in [6, 6.07) is 4.30. The van der Waals surface area contributed by atoms with E-state index >= 15 is 0 Å². The first-order chi connectivity index (χ1) is 8.72. The number of hydrogen-bond acceptors (Lipinski definition) is 3. The number of pyridine rings is 1. The fraction of sp³-hybridized carbons (Fsp3) is 0.538. The summed E-state index contributed by atoms with van der Waals surface area (Å²) in [7, 11) is 0. The second-order valence-corrected chi connectivity index (χ2v) is 5.11. The van der Waals surface area contributed by atoms with Gasteiger partial charge in [0.05, 0.1) is 0 Å². The van der Waals surface area contributed by atoms with E-state index in [0.717, 1.165) is 18.2 Å². The standard InChI is InChI=1S/C13H17N3O2/c17-13(18)16-6-5-11(8-16)15-12-4-3-10(7-14-12)9-1-2-9/h3-4,7,9,11H,1-2,5-6,8H2,(H,14,15)(H,17,18). The van der Waals surface area contributed by atoms with Gasteiger partial charge in [-0.2, -0.15) is 0 Å². The molecule has 3 rings (SSSR count). The molecule has 2 fully saturated rings. The molecule has 2 aliphatic rings. The van der Waals surface area contributed by atoms with Crippen LogP contribution in [0.1, 0.15) is 30.7 Å². The van der Waals surface area contributed by atoms with Crippen LogP contribution in [0.2, 0.25) is 0 Å². The quantitative estimate of drug-likeness (QED) is 0.858. The van der Waals surface area contributed by atoms with Crippen LogP contribution in [-0.2, 0) is 0 Å². The summed E-state index contributed by atoms with van der Waals surface area (Å²) in [5.41, 5.74) is 1.32. The fourth-order valence-corrected chi connectivity index (χ4v) is 2.41. The van der Waals surface area contributed by atoms with Gasteiger partial charge in [0, 0.05) is 25.3 Å². The zero-order valence-corrected chi connectivity index (χ0v) is 10.2. The van der Waals surface area contributed by atoms with Crippen LogP contribution in [-0.4, -0.2) is 40.2 Å². The number of aromatic nitrogens is 1. The molecule has 1 aromatic heterocycles. The molecular formula is C13H17N3O2. The SMILES string of the molecule is O=C(O)N1CCC(Nc2ccc(C3CC3)cn2)C1. The van der Waals surface area contributed by atoms with Crippen LogP contribution in [0.5, 0.6) is 0 Å². The third kappa shape index (κ3) is 2.39. The molecule has 1 unspecified atom stereocenters. The van der Waals surface area contributed by atoms with Gasteiger partial charge in [-0.25, -0.2) is 9.78 Å². The number of carbonyl (C=O) groups is 1. The zero-order valence-electron chi connectivity index (χ0n) is 10.2. The molecule has 5 heteroatoms. The molecule has 0 radical (unpaired) electrons. The highest BCUT2D eigenvalue weighted by molar-refractivity contribution is 5.65. The van der Waals surface area contributed by atoms with Gasteiger partial charge in [-0.1, -0.05) is 6.07 Å². The number of rotatable bonds is 3. The Morgan fingerprint density at radius 3 is 2.78 bits per heavy atom. The van der Waals surface area contributed by atoms with Crippen LogP contribution in [0.15, 0.2) is 18.3 Å². The monoisotopic (exact) mass is 247 g/mol. The highest BCUT2D eigenvalue weighted by Gasteiger charge is 2.26. The number of nitrogens with one attached hydrogen (secondary N) is 1. The summed E-state index contributed by atoms with van der Waals surface area (Å²) in [4.78, 5) is 16.6. The van der Waals surface area contributed by atoms with E-state index in [1.54, 1.807) is 0 Å². The molecular weight excluding hydrogens is 230 g/mol. The lowest BCUT2D eigenvalue weighted by Crippen LogP contribution is -2.30. The van der Waals surface area contributed by atoms with Crippen LogP contribution in [0, 0.1) is 0 Å². The van der Waals surface area contributed by atoms with Gasteiger partial charge < -0.3 is 15.3 Å². The summed E-state index contributed by atoms with van der Waals surface area (Å²) >= 11 is 0.